The number of nitro groups is 1. The summed E-state index contributed by atoms with van der Waals surface area (Å²) in [5.41, 5.74) is 3.25. The Kier molecular flexibility index (Phi) is 6.89. The van der Waals surface area contributed by atoms with Gasteiger partial charge in [0.05, 0.1) is 11.5 Å². The van der Waals surface area contributed by atoms with Crippen LogP contribution >= 0.6 is 0 Å². The lowest BCUT2D eigenvalue weighted by Crippen LogP contribution is -2.35. The molecule has 3 rings (SSSR count). The van der Waals surface area contributed by atoms with Crippen LogP contribution in [0, 0.1) is 24.0 Å². The average Bonchev–Trinajstić information content (AvgIpc) is 2.76. The summed E-state index contributed by atoms with van der Waals surface area (Å²) in [6.07, 6.45) is 3.11. The predicted molar refractivity (Wildman–Crippen MR) is 121 cm³/mol. The van der Waals surface area contributed by atoms with E-state index >= 15 is 0 Å². The van der Waals surface area contributed by atoms with E-state index in [0.717, 1.165) is 49.2 Å². The topological polar surface area (TPSA) is 95.8 Å². The number of piperidine rings is 1. The van der Waals surface area contributed by atoms with Gasteiger partial charge in [-0.2, -0.15) is 0 Å². The fourth-order valence-corrected chi connectivity index (χ4v) is 3.90. The lowest BCUT2D eigenvalue weighted by molar-refractivity contribution is -0.384. The molecule has 1 N–H and O–H groups in total. The molecule has 0 radical (unpaired) electrons. The number of hydrogen-bond acceptors (Lipinski definition) is 5. The first kappa shape index (κ1) is 22.3. The zero-order valence-corrected chi connectivity index (χ0v) is 18.2. The molecule has 0 saturated carbocycles. The van der Waals surface area contributed by atoms with Crippen molar-refractivity contribution in [3.63, 3.8) is 0 Å². The van der Waals surface area contributed by atoms with Crippen molar-refractivity contribution in [2.75, 3.05) is 36.9 Å². The molecule has 0 unspecified atom stereocenters. The molecule has 0 aromatic heterocycles. The quantitative estimate of drug-likeness (QED) is 0.560. The third-order valence-electron chi connectivity index (χ3n) is 5.59. The van der Waals surface area contributed by atoms with Gasteiger partial charge in [0.1, 0.15) is 5.69 Å². The van der Waals surface area contributed by atoms with Gasteiger partial charge >= 0.3 is 0 Å². The van der Waals surface area contributed by atoms with E-state index in [4.69, 9.17) is 0 Å². The minimum Gasteiger partial charge on any atom is -0.366 e. The lowest BCUT2D eigenvalue weighted by Gasteiger charge is -2.28. The number of amides is 2. The molecule has 1 saturated heterocycles. The normalized spacial score (nSPS) is 13.6. The van der Waals surface area contributed by atoms with Crippen LogP contribution in [-0.2, 0) is 4.79 Å². The summed E-state index contributed by atoms with van der Waals surface area (Å²) in [6, 6.07) is 10.3. The van der Waals surface area contributed by atoms with Crippen molar-refractivity contribution in [1.82, 2.24) is 4.90 Å². The zero-order valence-electron chi connectivity index (χ0n) is 18.2. The number of nitrogens with zero attached hydrogens (tertiary/aromatic N) is 3. The second-order valence-electron chi connectivity index (χ2n) is 7.98. The Morgan fingerprint density at radius 3 is 2.35 bits per heavy atom. The Hall–Kier alpha value is -3.42. The molecule has 0 spiro atoms. The monoisotopic (exact) mass is 424 g/mol. The Morgan fingerprint density at radius 2 is 1.74 bits per heavy atom. The van der Waals surface area contributed by atoms with E-state index in [9.17, 15) is 19.7 Å². The molecule has 0 bridgehead atoms. The van der Waals surface area contributed by atoms with Crippen molar-refractivity contribution in [2.24, 2.45) is 0 Å². The molecule has 0 aliphatic carbocycles. The molecular weight excluding hydrogens is 396 g/mol. The Bertz CT molecular complexity index is 979. The molecule has 164 valence electrons. The SMILES string of the molecule is Cc1cccc(C)c1NC(=O)CN(C)C(=O)c1ccc(N2CCCCC2)c([N+](=O)[O-])c1. The van der Waals surface area contributed by atoms with Gasteiger partial charge in [0.2, 0.25) is 5.91 Å². The first-order valence-electron chi connectivity index (χ1n) is 10.4. The maximum absolute atomic E-state index is 12.8. The second-order valence-corrected chi connectivity index (χ2v) is 7.98. The summed E-state index contributed by atoms with van der Waals surface area (Å²) in [7, 11) is 1.51. The lowest BCUT2D eigenvalue weighted by atomic mass is 10.1. The largest absolute Gasteiger partial charge is 0.366 e. The average molecular weight is 425 g/mol. The van der Waals surface area contributed by atoms with Gasteiger partial charge in [-0.05, 0) is 56.4 Å². The summed E-state index contributed by atoms with van der Waals surface area (Å²) >= 11 is 0. The van der Waals surface area contributed by atoms with E-state index in [1.54, 1.807) is 12.1 Å². The highest BCUT2D eigenvalue weighted by Crippen LogP contribution is 2.31. The summed E-state index contributed by atoms with van der Waals surface area (Å²) < 4.78 is 0. The van der Waals surface area contributed by atoms with E-state index in [0.29, 0.717) is 5.69 Å². The van der Waals surface area contributed by atoms with E-state index < -0.39 is 10.8 Å². The highest BCUT2D eigenvalue weighted by Gasteiger charge is 2.24. The third kappa shape index (κ3) is 5.20. The number of hydrogen-bond donors (Lipinski definition) is 1. The summed E-state index contributed by atoms with van der Waals surface area (Å²) in [6.45, 7) is 5.19. The van der Waals surface area contributed by atoms with Gasteiger partial charge in [-0.15, -0.1) is 0 Å². The van der Waals surface area contributed by atoms with Gasteiger partial charge in [-0.25, -0.2) is 0 Å². The first-order chi connectivity index (χ1) is 14.8. The molecular formula is C23H28N4O4. The maximum atomic E-state index is 12.8. The molecule has 1 heterocycles. The number of carbonyl (C=O) groups excluding carboxylic acids is 2. The van der Waals surface area contributed by atoms with Crippen molar-refractivity contribution >= 4 is 28.9 Å². The highest BCUT2D eigenvalue weighted by molar-refractivity contribution is 6.00. The molecule has 2 amide bonds. The third-order valence-corrected chi connectivity index (χ3v) is 5.59. The smallest absolute Gasteiger partial charge is 0.293 e. The number of nitrogens with one attached hydrogen (secondary N) is 1. The van der Waals surface area contributed by atoms with Gasteiger partial charge in [-0.3, -0.25) is 19.7 Å². The molecule has 8 nitrogen and oxygen atoms in total. The minimum atomic E-state index is -0.450. The van der Waals surface area contributed by atoms with Crippen LogP contribution in [0.15, 0.2) is 36.4 Å². The summed E-state index contributed by atoms with van der Waals surface area (Å²) in [5, 5.41) is 14.5. The molecule has 8 heteroatoms. The summed E-state index contributed by atoms with van der Waals surface area (Å²) in [5.74, 6) is -0.766. The molecule has 1 fully saturated rings. The number of nitro benzene ring substituents is 1. The molecule has 2 aromatic carbocycles. The van der Waals surface area contributed by atoms with Gasteiger partial charge in [0.15, 0.2) is 0 Å². The molecule has 1 aliphatic rings. The van der Waals surface area contributed by atoms with Crippen LogP contribution in [0.2, 0.25) is 0 Å². The first-order valence-corrected chi connectivity index (χ1v) is 10.4. The van der Waals surface area contributed by atoms with Crippen molar-refractivity contribution < 1.29 is 14.5 Å². The molecule has 1 aliphatic heterocycles. The Balaban J connectivity index is 1.73. The maximum Gasteiger partial charge on any atom is 0.293 e. The van der Waals surface area contributed by atoms with Crippen molar-refractivity contribution in [1.29, 1.82) is 0 Å². The van der Waals surface area contributed by atoms with Gasteiger partial charge in [0, 0.05) is 37.5 Å². The van der Waals surface area contributed by atoms with Gasteiger partial charge in [-0.1, -0.05) is 18.2 Å². The number of carbonyl (C=O) groups is 2. The van der Waals surface area contributed by atoms with Crippen molar-refractivity contribution in [3.05, 3.63) is 63.2 Å². The number of aryl methyl sites for hydroxylation is 2. The number of anilines is 2. The number of benzene rings is 2. The van der Waals surface area contributed by atoms with Crippen LogP contribution < -0.4 is 10.2 Å². The van der Waals surface area contributed by atoms with Crippen LogP contribution in [0.4, 0.5) is 17.1 Å². The predicted octanol–water partition coefficient (Wildman–Crippen LogP) is 3.91. The van der Waals surface area contributed by atoms with E-state index in [2.05, 4.69) is 5.32 Å². The van der Waals surface area contributed by atoms with Gasteiger partial charge in [0.25, 0.3) is 11.6 Å². The standard InChI is InChI=1S/C23H28N4O4/c1-16-8-7-9-17(2)22(16)24-21(28)15-25(3)23(29)18-10-11-19(20(14-18)27(30)31)26-12-5-4-6-13-26/h7-11,14H,4-6,12-13,15H2,1-3H3,(H,24,28). The van der Waals surface area contributed by atoms with E-state index in [1.807, 2.05) is 36.9 Å². The number of rotatable bonds is 6. The zero-order chi connectivity index (χ0) is 22.5. The minimum absolute atomic E-state index is 0.0823. The van der Waals surface area contributed by atoms with Crippen LogP contribution in [0.25, 0.3) is 0 Å². The number of para-hydroxylation sites is 1. The molecule has 2 aromatic rings. The number of likely N-dealkylation sites (N-methyl/N-ethyl adjacent to an activating group) is 1. The van der Waals surface area contributed by atoms with Crippen LogP contribution in [0.3, 0.4) is 0 Å². The van der Waals surface area contributed by atoms with E-state index in [-0.39, 0.29) is 23.7 Å². The molecule has 0 atom stereocenters. The van der Waals surface area contributed by atoms with Crippen LogP contribution in [0.5, 0.6) is 0 Å². The van der Waals surface area contributed by atoms with Crippen molar-refractivity contribution in [3.8, 4) is 0 Å². The van der Waals surface area contributed by atoms with Crippen LogP contribution in [-0.4, -0.2) is 48.3 Å². The fraction of sp³-hybridized carbons (Fsp3) is 0.391. The Morgan fingerprint density at radius 1 is 1.10 bits per heavy atom. The van der Waals surface area contributed by atoms with Crippen LogP contribution in [0.1, 0.15) is 40.7 Å². The van der Waals surface area contributed by atoms with Crippen molar-refractivity contribution in [2.45, 2.75) is 33.1 Å². The summed E-state index contributed by atoms with van der Waals surface area (Å²) in [4.78, 5) is 39.8. The fourth-order valence-electron chi connectivity index (χ4n) is 3.90. The second kappa shape index (κ2) is 9.59. The highest BCUT2D eigenvalue weighted by atomic mass is 16.6. The molecule has 31 heavy (non-hydrogen) atoms. The van der Waals surface area contributed by atoms with Gasteiger partial charge < -0.3 is 15.1 Å². The van der Waals surface area contributed by atoms with E-state index in [1.165, 1.54) is 18.0 Å². The Labute approximate surface area is 182 Å².